The van der Waals surface area contributed by atoms with E-state index < -0.39 is 6.10 Å². The fourth-order valence-corrected chi connectivity index (χ4v) is 0.416. The molecule has 0 fully saturated rings. The van der Waals surface area contributed by atoms with Gasteiger partial charge < -0.3 is 5.11 Å². The van der Waals surface area contributed by atoms with Gasteiger partial charge in [0.05, 0.1) is 0 Å². The highest BCUT2D eigenvalue weighted by atomic mass is 35.5. The molecular formula is C4H8ClN3O. The Morgan fingerprint density at radius 1 is 1.78 bits per heavy atom. The maximum atomic E-state index is 8.78. The summed E-state index contributed by atoms with van der Waals surface area (Å²) in [5.41, 5.74) is 0. The van der Waals surface area contributed by atoms with Crippen LogP contribution in [0.25, 0.3) is 0 Å². The predicted molar refractivity (Wildman–Crippen MR) is 34.3 cm³/mol. The van der Waals surface area contributed by atoms with Gasteiger partial charge in [0.25, 0.3) is 0 Å². The molecule has 4 nitrogen and oxygen atoms in total. The average molecular weight is 150 g/mol. The van der Waals surface area contributed by atoms with Gasteiger partial charge in [-0.15, -0.1) is 12.4 Å². The first-order chi connectivity index (χ1) is 3.80. The van der Waals surface area contributed by atoms with Gasteiger partial charge in [-0.05, 0) is 6.92 Å². The largest absolute Gasteiger partial charge is 0.385 e. The van der Waals surface area contributed by atoms with Crippen LogP contribution in [0.2, 0.25) is 0 Å². The third-order valence-corrected chi connectivity index (χ3v) is 0.829. The van der Waals surface area contributed by atoms with E-state index in [0.717, 1.165) is 0 Å². The Balaban J connectivity index is 0.000000640. The van der Waals surface area contributed by atoms with Crippen LogP contribution in [0.4, 0.5) is 0 Å². The molecule has 0 aromatic carbocycles. The maximum absolute atomic E-state index is 8.78. The van der Waals surface area contributed by atoms with Crippen LogP contribution in [0.1, 0.15) is 18.9 Å². The third-order valence-electron chi connectivity index (χ3n) is 0.829. The van der Waals surface area contributed by atoms with E-state index in [4.69, 9.17) is 5.11 Å². The number of aromatic nitrogens is 3. The molecule has 5 heteroatoms. The second kappa shape index (κ2) is 3.42. The Morgan fingerprint density at radius 2 is 2.44 bits per heavy atom. The van der Waals surface area contributed by atoms with Gasteiger partial charge in [0.15, 0.2) is 5.82 Å². The van der Waals surface area contributed by atoms with Crippen LogP contribution in [-0.4, -0.2) is 20.3 Å². The highest BCUT2D eigenvalue weighted by molar-refractivity contribution is 5.85. The molecule has 2 N–H and O–H groups in total. The van der Waals surface area contributed by atoms with Crippen LogP contribution in [0, 0.1) is 0 Å². The summed E-state index contributed by atoms with van der Waals surface area (Å²) in [6.45, 7) is 1.63. The number of hydrogen-bond acceptors (Lipinski definition) is 3. The summed E-state index contributed by atoms with van der Waals surface area (Å²) in [6, 6.07) is 0. The minimum absolute atomic E-state index is 0. The zero-order valence-corrected chi connectivity index (χ0v) is 5.72. The quantitative estimate of drug-likeness (QED) is 0.603. The van der Waals surface area contributed by atoms with Crippen molar-refractivity contribution >= 4 is 12.4 Å². The fourth-order valence-electron chi connectivity index (χ4n) is 0.416. The summed E-state index contributed by atoms with van der Waals surface area (Å²) in [7, 11) is 0. The minimum atomic E-state index is -0.544. The van der Waals surface area contributed by atoms with E-state index >= 15 is 0 Å². The Labute approximate surface area is 58.7 Å². The standard InChI is InChI=1S/C4H7N3O.ClH/c1-3(8)4-5-2-6-7-4;/h2-3,8H,1H3,(H,5,6,7);1H. The SMILES string of the molecule is CC(O)c1ncn[nH]1.Cl. The first-order valence-electron chi connectivity index (χ1n) is 2.34. The van der Waals surface area contributed by atoms with Gasteiger partial charge in [0, 0.05) is 0 Å². The molecule has 1 atom stereocenters. The second-order valence-electron chi connectivity index (χ2n) is 1.55. The molecule has 1 unspecified atom stereocenters. The molecule has 0 amide bonds. The van der Waals surface area contributed by atoms with Crippen LogP contribution in [0.15, 0.2) is 6.33 Å². The van der Waals surface area contributed by atoms with Crippen molar-refractivity contribution in [1.29, 1.82) is 0 Å². The van der Waals surface area contributed by atoms with Gasteiger partial charge in [-0.3, -0.25) is 5.10 Å². The van der Waals surface area contributed by atoms with Crippen molar-refractivity contribution < 1.29 is 5.11 Å². The molecule has 1 aromatic rings. The first kappa shape index (κ1) is 8.39. The molecule has 0 aliphatic rings. The normalized spacial score (nSPS) is 12.2. The van der Waals surface area contributed by atoms with Crippen molar-refractivity contribution in [3.63, 3.8) is 0 Å². The van der Waals surface area contributed by atoms with E-state index in [0.29, 0.717) is 5.82 Å². The van der Waals surface area contributed by atoms with Crippen LogP contribution in [-0.2, 0) is 0 Å². The number of hydrogen-bond donors (Lipinski definition) is 2. The summed E-state index contributed by atoms with van der Waals surface area (Å²) >= 11 is 0. The van der Waals surface area contributed by atoms with Gasteiger partial charge in [0.2, 0.25) is 0 Å². The number of nitrogens with zero attached hydrogens (tertiary/aromatic N) is 2. The van der Waals surface area contributed by atoms with Crippen molar-refractivity contribution in [2.24, 2.45) is 0 Å². The van der Waals surface area contributed by atoms with Crippen molar-refractivity contribution in [2.75, 3.05) is 0 Å². The van der Waals surface area contributed by atoms with Crippen molar-refractivity contribution in [2.45, 2.75) is 13.0 Å². The number of rotatable bonds is 1. The van der Waals surface area contributed by atoms with Crippen LogP contribution in [0.5, 0.6) is 0 Å². The lowest BCUT2D eigenvalue weighted by Crippen LogP contribution is -1.92. The Hall–Kier alpha value is -0.610. The number of aliphatic hydroxyl groups excluding tert-OH is 1. The molecule has 0 spiro atoms. The summed E-state index contributed by atoms with van der Waals surface area (Å²) in [5.74, 6) is 0.505. The molecule has 0 bridgehead atoms. The highest BCUT2D eigenvalue weighted by Gasteiger charge is 1.99. The molecule has 1 rings (SSSR count). The van der Waals surface area contributed by atoms with E-state index in [1.165, 1.54) is 6.33 Å². The van der Waals surface area contributed by atoms with Crippen molar-refractivity contribution in [1.82, 2.24) is 15.2 Å². The zero-order chi connectivity index (χ0) is 5.98. The topological polar surface area (TPSA) is 61.8 Å². The fraction of sp³-hybridized carbons (Fsp3) is 0.500. The molecule has 0 aliphatic carbocycles. The molecule has 52 valence electrons. The van der Waals surface area contributed by atoms with Crippen LogP contribution < -0.4 is 0 Å². The monoisotopic (exact) mass is 149 g/mol. The van der Waals surface area contributed by atoms with Gasteiger partial charge >= 0.3 is 0 Å². The van der Waals surface area contributed by atoms with E-state index in [2.05, 4.69) is 15.2 Å². The molecular weight excluding hydrogens is 142 g/mol. The van der Waals surface area contributed by atoms with Crippen LogP contribution in [0.3, 0.4) is 0 Å². The van der Waals surface area contributed by atoms with Gasteiger partial charge in [-0.25, -0.2) is 4.98 Å². The lowest BCUT2D eigenvalue weighted by molar-refractivity contribution is 0.189. The molecule has 1 heterocycles. The summed E-state index contributed by atoms with van der Waals surface area (Å²) in [5, 5.41) is 14.9. The molecule has 0 aliphatic heterocycles. The Bertz CT molecular complexity index is 151. The summed E-state index contributed by atoms with van der Waals surface area (Å²) in [4.78, 5) is 3.70. The average Bonchev–Trinajstić information content (AvgIpc) is 2.12. The smallest absolute Gasteiger partial charge is 0.152 e. The van der Waals surface area contributed by atoms with Crippen molar-refractivity contribution in [3.05, 3.63) is 12.2 Å². The highest BCUT2D eigenvalue weighted by Crippen LogP contribution is 2.00. The molecule has 0 saturated heterocycles. The first-order valence-corrected chi connectivity index (χ1v) is 2.34. The molecule has 9 heavy (non-hydrogen) atoms. The molecule has 0 saturated carbocycles. The summed E-state index contributed by atoms with van der Waals surface area (Å²) < 4.78 is 0. The summed E-state index contributed by atoms with van der Waals surface area (Å²) in [6.07, 6.45) is 0.819. The van der Waals surface area contributed by atoms with Gasteiger partial charge in [-0.2, -0.15) is 5.10 Å². The number of nitrogens with one attached hydrogen (secondary N) is 1. The number of halogens is 1. The number of H-pyrrole nitrogens is 1. The van der Waals surface area contributed by atoms with Crippen LogP contribution >= 0.6 is 12.4 Å². The predicted octanol–water partition coefficient (Wildman–Crippen LogP) is 0.280. The maximum Gasteiger partial charge on any atom is 0.152 e. The Morgan fingerprint density at radius 3 is 2.67 bits per heavy atom. The van der Waals surface area contributed by atoms with E-state index in [1.807, 2.05) is 0 Å². The third kappa shape index (κ3) is 1.99. The Kier molecular flexibility index (Phi) is 3.19. The van der Waals surface area contributed by atoms with E-state index in [1.54, 1.807) is 6.92 Å². The lowest BCUT2D eigenvalue weighted by atomic mass is 10.4. The number of aliphatic hydroxyl groups is 1. The second-order valence-corrected chi connectivity index (χ2v) is 1.55. The van der Waals surface area contributed by atoms with Crippen molar-refractivity contribution in [3.8, 4) is 0 Å². The van der Waals surface area contributed by atoms with Gasteiger partial charge in [-0.1, -0.05) is 0 Å². The number of aromatic amines is 1. The van der Waals surface area contributed by atoms with Gasteiger partial charge in [0.1, 0.15) is 12.4 Å². The zero-order valence-electron chi connectivity index (χ0n) is 4.90. The molecule has 0 radical (unpaired) electrons. The van der Waals surface area contributed by atoms with E-state index in [-0.39, 0.29) is 12.4 Å². The van der Waals surface area contributed by atoms with E-state index in [9.17, 15) is 0 Å². The minimum Gasteiger partial charge on any atom is -0.385 e. The lowest BCUT2D eigenvalue weighted by Gasteiger charge is -1.93. The molecule has 1 aromatic heterocycles.